The maximum Gasteiger partial charge on any atom is 0.306 e. The van der Waals surface area contributed by atoms with Crippen LogP contribution in [0.1, 0.15) is 290 Å². The van der Waals surface area contributed by atoms with Gasteiger partial charge in [0.2, 0.25) is 0 Å². The van der Waals surface area contributed by atoms with Crippen LogP contribution in [0.4, 0.5) is 0 Å². The van der Waals surface area contributed by atoms with E-state index in [-0.39, 0.29) is 31.1 Å². The van der Waals surface area contributed by atoms with Crippen LogP contribution in [0.2, 0.25) is 0 Å². The van der Waals surface area contributed by atoms with Gasteiger partial charge in [-0.15, -0.1) is 0 Å². The van der Waals surface area contributed by atoms with Gasteiger partial charge in [-0.1, -0.05) is 288 Å². The van der Waals surface area contributed by atoms with E-state index in [1.807, 2.05) is 0 Å². The summed E-state index contributed by atoms with van der Waals surface area (Å²) in [6.45, 7) is 6.33. The number of carbonyl (C=O) groups excluding carboxylic acids is 3. The fourth-order valence-electron chi connectivity index (χ4n) is 8.98. The number of hydrogen-bond acceptors (Lipinski definition) is 6. The first-order valence-electron chi connectivity index (χ1n) is 34.0. The molecule has 0 heterocycles. The molecule has 6 heteroatoms. The molecule has 1 atom stereocenters. The Morgan fingerprint density at radius 1 is 0.253 bits per heavy atom. The predicted octanol–water partition coefficient (Wildman–Crippen LogP) is 23.7. The average Bonchev–Trinajstić information content (AvgIpc) is 3.49. The van der Waals surface area contributed by atoms with Crippen molar-refractivity contribution in [3.63, 3.8) is 0 Å². The molecule has 0 aromatic carbocycles. The van der Waals surface area contributed by atoms with Crippen LogP contribution in [-0.4, -0.2) is 37.2 Å². The smallest absolute Gasteiger partial charge is 0.306 e. The van der Waals surface area contributed by atoms with Gasteiger partial charge in [-0.3, -0.25) is 14.4 Å². The second-order valence-electron chi connectivity index (χ2n) is 22.0. The highest BCUT2D eigenvalue weighted by molar-refractivity contribution is 5.71. The quantitative estimate of drug-likeness (QED) is 0.0261. The molecule has 0 rings (SSSR count). The summed E-state index contributed by atoms with van der Waals surface area (Å²) in [5.74, 6) is -0.923. The zero-order valence-corrected chi connectivity index (χ0v) is 53.7. The third kappa shape index (κ3) is 67.7. The lowest BCUT2D eigenvalue weighted by Gasteiger charge is -2.18. The summed E-state index contributed by atoms with van der Waals surface area (Å²) in [6, 6.07) is 0. The lowest BCUT2D eigenvalue weighted by atomic mass is 10.0. The molecule has 0 aliphatic rings. The molecule has 468 valence electrons. The van der Waals surface area contributed by atoms with Crippen molar-refractivity contribution in [1.82, 2.24) is 0 Å². The maximum atomic E-state index is 12.9. The Morgan fingerprint density at radius 3 is 0.735 bits per heavy atom. The Hall–Kier alpha value is -4.97. The zero-order valence-electron chi connectivity index (χ0n) is 53.7. The van der Waals surface area contributed by atoms with Crippen molar-refractivity contribution in [3.05, 3.63) is 158 Å². The fourth-order valence-corrected chi connectivity index (χ4v) is 8.98. The molecule has 0 bridgehead atoms. The van der Waals surface area contributed by atoms with E-state index in [2.05, 4.69) is 179 Å². The maximum absolute atomic E-state index is 12.9. The fraction of sp³-hybridized carbons (Fsp3) is 0.623. The molecule has 0 aliphatic carbocycles. The first kappa shape index (κ1) is 78.0. The number of esters is 3. The van der Waals surface area contributed by atoms with E-state index in [0.717, 1.165) is 167 Å². The third-order valence-corrected chi connectivity index (χ3v) is 14.0. The molecule has 0 spiro atoms. The molecule has 0 fully saturated rings. The molecule has 0 amide bonds. The molecule has 6 nitrogen and oxygen atoms in total. The molecule has 1 unspecified atom stereocenters. The lowest BCUT2D eigenvalue weighted by Crippen LogP contribution is -2.30. The van der Waals surface area contributed by atoms with E-state index in [1.54, 1.807) is 0 Å². The molecule has 0 N–H and O–H groups in total. The van der Waals surface area contributed by atoms with Gasteiger partial charge in [-0.05, 0) is 141 Å². The minimum atomic E-state index is -0.800. The van der Waals surface area contributed by atoms with E-state index < -0.39 is 6.10 Å². The van der Waals surface area contributed by atoms with Crippen LogP contribution in [0.15, 0.2) is 158 Å². The SMILES string of the molecule is CC/C=C\C/C=C\C/C=C\C/C=C\C/C=C\C/C=C\C/C=C\CCCCCCCCCC(=O)OCC(COC(=O)CCCCCCC/C=C\C/C=C\CCC)OC(=O)CCCCCCCCCCCC/C=C\C/C=C\C/C=C\C/C=C\CC. The third-order valence-electron chi connectivity index (χ3n) is 14.0. The van der Waals surface area contributed by atoms with Gasteiger partial charge in [-0.25, -0.2) is 0 Å². The van der Waals surface area contributed by atoms with Crippen LogP contribution in [0.5, 0.6) is 0 Å². The minimum Gasteiger partial charge on any atom is -0.462 e. The van der Waals surface area contributed by atoms with E-state index >= 15 is 0 Å². The molecular formula is C77H124O6. The lowest BCUT2D eigenvalue weighted by molar-refractivity contribution is -0.167. The summed E-state index contributed by atoms with van der Waals surface area (Å²) >= 11 is 0. The van der Waals surface area contributed by atoms with Gasteiger partial charge in [0.05, 0.1) is 0 Å². The minimum absolute atomic E-state index is 0.0956. The van der Waals surface area contributed by atoms with Crippen LogP contribution in [0, 0.1) is 0 Å². The highest BCUT2D eigenvalue weighted by atomic mass is 16.6. The number of hydrogen-bond donors (Lipinski definition) is 0. The number of unbranched alkanes of at least 4 members (excludes halogenated alkanes) is 23. The summed E-state index contributed by atoms with van der Waals surface area (Å²) < 4.78 is 16.9. The van der Waals surface area contributed by atoms with Crippen molar-refractivity contribution in [2.24, 2.45) is 0 Å². The van der Waals surface area contributed by atoms with Gasteiger partial charge in [-0.2, -0.15) is 0 Å². The first-order chi connectivity index (χ1) is 41.0. The summed E-state index contributed by atoms with van der Waals surface area (Å²) in [4.78, 5) is 38.4. The molecule has 0 aromatic heterocycles. The molecule has 83 heavy (non-hydrogen) atoms. The normalized spacial score (nSPS) is 13.1. The van der Waals surface area contributed by atoms with Gasteiger partial charge in [0.15, 0.2) is 6.10 Å². The van der Waals surface area contributed by atoms with Crippen molar-refractivity contribution in [2.45, 2.75) is 297 Å². The molecule has 0 aromatic rings. The monoisotopic (exact) mass is 1140 g/mol. The Balaban J connectivity index is 4.37. The predicted molar refractivity (Wildman–Crippen MR) is 362 cm³/mol. The molecule has 0 saturated heterocycles. The van der Waals surface area contributed by atoms with E-state index in [9.17, 15) is 14.4 Å². The number of rotatable bonds is 60. The molecule has 0 radical (unpaired) electrons. The van der Waals surface area contributed by atoms with Crippen molar-refractivity contribution in [2.75, 3.05) is 13.2 Å². The molecule has 0 aliphatic heterocycles. The summed E-state index contributed by atoms with van der Waals surface area (Å²) in [5, 5.41) is 0. The van der Waals surface area contributed by atoms with E-state index in [1.165, 1.54) is 83.5 Å². The summed E-state index contributed by atoms with van der Waals surface area (Å²) in [7, 11) is 0. The topological polar surface area (TPSA) is 78.9 Å². The highest BCUT2D eigenvalue weighted by Gasteiger charge is 2.19. The number of allylic oxidation sites excluding steroid dienone is 26. The zero-order chi connectivity index (χ0) is 59.9. The first-order valence-corrected chi connectivity index (χ1v) is 34.0. The van der Waals surface area contributed by atoms with Crippen molar-refractivity contribution < 1.29 is 28.6 Å². The van der Waals surface area contributed by atoms with Gasteiger partial charge in [0.1, 0.15) is 13.2 Å². The van der Waals surface area contributed by atoms with Crippen LogP contribution in [0.25, 0.3) is 0 Å². The highest BCUT2D eigenvalue weighted by Crippen LogP contribution is 2.15. The largest absolute Gasteiger partial charge is 0.462 e. The average molecular weight is 1150 g/mol. The Labute approximate surface area is 511 Å². The van der Waals surface area contributed by atoms with E-state index in [4.69, 9.17) is 14.2 Å². The summed E-state index contributed by atoms with van der Waals surface area (Å²) in [5.41, 5.74) is 0. The number of carbonyl (C=O) groups is 3. The van der Waals surface area contributed by atoms with Gasteiger partial charge in [0, 0.05) is 19.3 Å². The Morgan fingerprint density at radius 2 is 0.470 bits per heavy atom. The van der Waals surface area contributed by atoms with Gasteiger partial charge in [0.25, 0.3) is 0 Å². The summed E-state index contributed by atoms with van der Waals surface area (Å²) in [6.07, 6.45) is 101. The second kappa shape index (κ2) is 69.5. The second-order valence-corrected chi connectivity index (χ2v) is 22.0. The molecular weight excluding hydrogens is 1020 g/mol. The van der Waals surface area contributed by atoms with Crippen molar-refractivity contribution in [3.8, 4) is 0 Å². The van der Waals surface area contributed by atoms with E-state index in [0.29, 0.717) is 19.3 Å². The van der Waals surface area contributed by atoms with Crippen LogP contribution in [-0.2, 0) is 28.6 Å². The standard InChI is InChI=1S/C77H124O6/c1-4-7-10-13-16-19-22-25-27-29-31-33-35-36-37-38-39-40-42-43-45-47-49-52-55-58-61-64-67-70-76(79)82-73-74(72-81-75(78)69-66-63-60-57-54-51-24-21-18-15-12-9-6-3)83-77(80)71-68-65-62-59-56-53-50-48-46-44-41-34-32-30-28-26-23-20-17-14-11-8-5-2/h7-8,10-12,15-17,19-21,24-28,31-34,36-37,39-40,43,45,74H,4-6,9,13-14,18,22-23,29-30,35,38,41-42,44,46-73H2,1-3H3/b10-7-,11-8-,15-12-,19-16-,20-17-,24-21-,27-25-,28-26-,33-31-,34-32-,37-36-,40-39-,45-43-. The Bertz CT molecular complexity index is 1840. The van der Waals surface area contributed by atoms with Gasteiger partial charge >= 0.3 is 17.9 Å². The molecule has 0 saturated carbocycles. The van der Waals surface area contributed by atoms with Gasteiger partial charge < -0.3 is 14.2 Å². The van der Waals surface area contributed by atoms with Crippen LogP contribution >= 0.6 is 0 Å². The van der Waals surface area contributed by atoms with Crippen LogP contribution < -0.4 is 0 Å². The van der Waals surface area contributed by atoms with Crippen molar-refractivity contribution >= 4 is 17.9 Å². The van der Waals surface area contributed by atoms with Crippen LogP contribution in [0.3, 0.4) is 0 Å². The van der Waals surface area contributed by atoms with Crippen molar-refractivity contribution in [1.29, 1.82) is 0 Å². The number of ether oxygens (including phenoxy) is 3. The Kier molecular flexibility index (Phi) is 65.4.